The average Bonchev–Trinajstić information content (AvgIpc) is 2.92. The number of nitrogens with zero attached hydrogens (tertiary/aromatic N) is 7. The third-order valence-electron chi connectivity index (χ3n) is 2.22. The molecule has 0 atom stereocenters. The Bertz CT molecular complexity index is 512. The summed E-state index contributed by atoms with van der Waals surface area (Å²) in [5, 5.41) is 6.83. The molecule has 2 rings (SSSR count). The van der Waals surface area contributed by atoms with Gasteiger partial charge >= 0.3 is 6.01 Å². The summed E-state index contributed by atoms with van der Waals surface area (Å²) in [5.74, 6) is 0.775. The van der Waals surface area contributed by atoms with Crippen LogP contribution in [0.5, 0.6) is 6.01 Å². The van der Waals surface area contributed by atoms with Gasteiger partial charge in [0.05, 0.1) is 0 Å². The molecule has 0 aliphatic rings. The molecule has 1 N–H and O–H groups in total. The number of hydrogen-bond donors (Lipinski definition) is 1. The SMILES string of the molecule is CNc1nc(OCCN(C)C)nc(-n2cncn2)n1. The standard InChI is InChI=1S/C10H16N8O/c1-11-8-14-9(18-7-12-6-13-18)16-10(15-8)19-5-4-17(2)3/h6-7H,4-5H2,1-3H3,(H,11,14,15,16). The molecule has 0 radical (unpaired) electrons. The summed E-state index contributed by atoms with van der Waals surface area (Å²) in [6.45, 7) is 1.27. The highest BCUT2D eigenvalue weighted by molar-refractivity contribution is 5.28. The van der Waals surface area contributed by atoms with Crippen LogP contribution in [-0.4, -0.2) is 68.9 Å². The van der Waals surface area contributed by atoms with E-state index < -0.39 is 0 Å². The number of anilines is 1. The molecule has 9 nitrogen and oxygen atoms in total. The molecule has 0 unspecified atom stereocenters. The summed E-state index contributed by atoms with van der Waals surface area (Å²) < 4.78 is 6.94. The lowest BCUT2D eigenvalue weighted by atomic mass is 10.6. The van der Waals surface area contributed by atoms with Gasteiger partial charge in [0, 0.05) is 13.6 Å². The topological polar surface area (TPSA) is 93.9 Å². The predicted molar refractivity (Wildman–Crippen MR) is 68.3 cm³/mol. The van der Waals surface area contributed by atoms with E-state index in [9.17, 15) is 0 Å². The molecule has 2 heterocycles. The van der Waals surface area contributed by atoms with Crippen LogP contribution >= 0.6 is 0 Å². The minimum atomic E-state index is 0.256. The molecule has 0 fully saturated rings. The number of nitrogens with one attached hydrogen (secondary N) is 1. The lowest BCUT2D eigenvalue weighted by Gasteiger charge is -2.10. The van der Waals surface area contributed by atoms with Gasteiger partial charge in [-0.25, -0.2) is 4.98 Å². The molecule has 9 heteroatoms. The van der Waals surface area contributed by atoms with E-state index in [2.05, 4.69) is 30.4 Å². The van der Waals surface area contributed by atoms with Crippen molar-refractivity contribution in [3.05, 3.63) is 12.7 Å². The Morgan fingerprint density at radius 1 is 1.32 bits per heavy atom. The zero-order valence-electron chi connectivity index (χ0n) is 11.1. The van der Waals surface area contributed by atoms with E-state index >= 15 is 0 Å². The highest BCUT2D eigenvalue weighted by Gasteiger charge is 2.09. The van der Waals surface area contributed by atoms with E-state index in [4.69, 9.17) is 4.74 Å². The van der Waals surface area contributed by atoms with Crippen molar-refractivity contribution in [2.45, 2.75) is 0 Å². The highest BCUT2D eigenvalue weighted by Crippen LogP contribution is 2.09. The molecule has 0 spiro atoms. The van der Waals surface area contributed by atoms with E-state index in [1.807, 2.05) is 19.0 Å². The Labute approximate surface area is 110 Å². The van der Waals surface area contributed by atoms with Crippen molar-refractivity contribution in [2.24, 2.45) is 0 Å². The Morgan fingerprint density at radius 2 is 2.16 bits per heavy atom. The first-order chi connectivity index (χ1) is 9.19. The number of likely N-dealkylation sites (N-methyl/N-ethyl adjacent to an activating group) is 1. The molecule has 2 aromatic heterocycles. The Morgan fingerprint density at radius 3 is 2.79 bits per heavy atom. The van der Waals surface area contributed by atoms with Crippen molar-refractivity contribution in [1.29, 1.82) is 0 Å². The molecule has 0 amide bonds. The van der Waals surface area contributed by atoms with E-state index in [1.54, 1.807) is 7.05 Å². The quantitative estimate of drug-likeness (QED) is 0.741. The number of rotatable bonds is 6. The molecule has 0 aromatic carbocycles. The minimum Gasteiger partial charge on any atom is -0.462 e. The largest absolute Gasteiger partial charge is 0.462 e. The zero-order valence-corrected chi connectivity index (χ0v) is 11.1. The third-order valence-corrected chi connectivity index (χ3v) is 2.22. The van der Waals surface area contributed by atoms with Crippen LogP contribution in [0, 0.1) is 0 Å². The van der Waals surface area contributed by atoms with Crippen LogP contribution < -0.4 is 10.1 Å². The van der Waals surface area contributed by atoms with Gasteiger partial charge in [-0.2, -0.15) is 24.7 Å². The Hall–Kier alpha value is -2.29. The van der Waals surface area contributed by atoms with Gasteiger partial charge in [0.1, 0.15) is 19.3 Å². The first kappa shape index (κ1) is 13.1. The van der Waals surface area contributed by atoms with E-state index in [0.717, 1.165) is 6.54 Å². The summed E-state index contributed by atoms with van der Waals surface area (Å²) >= 11 is 0. The van der Waals surface area contributed by atoms with Crippen LogP contribution in [0.3, 0.4) is 0 Å². The molecular weight excluding hydrogens is 248 g/mol. The smallest absolute Gasteiger partial charge is 0.323 e. The van der Waals surface area contributed by atoms with Gasteiger partial charge in [-0.3, -0.25) is 0 Å². The Kier molecular flexibility index (Phi) is 4.18. The number of hydrogen-bond acceptors (Lipinski definition) is 8. The summed E-state index contributed by atoms with van der Waals surface area (Å²) in [6, 6.07) is 0.256. The molecule has 0 saturated heterocycles. The summed E-state index contributed by atoms with van der Waals surface area (Å²) in [7, 11) is 5.66. The normalized spacial score (nSPS) is 10.7. The third kappa shape index (κ3) is 3.58. The van der Waals surface area contributed by atoms with E-state index in [-0.39, 0.29) is 6.01 Å². The second-order valence-electron chi connectivity index (χ2n) is 3.98. The average molecular weight is 264 g/mol. The lowest BCUT2D eigenvalue weighted by molar-refractivity contribution is 0.245. The van der Waals surface area contributed by atoms with Gasteiger partial charge in [0.25, 0.3) is 5.95 Å². The molecular formula is C10H16N8O. The van der Waals surface area contributed by atoms with Crippen LogP contribution in [0.15, 0.2) is 12.7 Å². The minimum absolute atomic E-state index is 0.256. The van der Waals surface area contributed by atoms with Gasteiger partial charge < -0.3 is 15.0 Å². The summed E-state index contributed by atoms with van der Waals surface area (Å²) in [5.41, 5.74) is 0. The molecule has 19 heavy (non-hydrogen) atoms. The molecule has 0 aliphatic carbocycles. The molecule has 102 valence electrons. The van der Waals surface area contributed by atoms with Crippen LogP contribution in [-0.2, 0) is 0 Å². The monoisotopic (exact) mass is 264 g/mol. The van der Waals surface area contributed by atoms with Crippen molar-refractivity contribution < 1.29 is 4.74 Å². The van der Waals surface area contributed by atoms with Crippen molar-refractivity contribution in [1.82, 2.24) is 34.6 Å². The van der Waals surface area contributed by atoms with Crippen LogP contribution in [0.25, 0.3) is 5.95 Å². The zero-order chi connectivity index (χ0) is 13.7. The first-order valence-electron chi connectivity index (χ1n) is 5.75. The molecule has 2 aromatic rings. The van der Waals surface area contributed by atoms with E-state index in [0.29, 0.717) is 18.5 Å². The maximum atomic E-state index is 5.49. The van der Waals surface area contributed by atoms with Gasteiger partial charge in [0.2, 0.25) is 5.95 Å². The van der Waals surface area contributed by atoms with Crippen LogP contribution in [0.2, 0.25) is 0 Å². The maximum absolute atomic E-state index is 5.49. The first-order valence-corrected chi connectivity index (χ1v) is 5.75. The number of aromatic nitrogens is 6. The predicted octanol–water partition coefficient (Wildman–Crippen LogP) is -0.566. The lowest BCUT2D eigenvalue weighted by Crippen LogP contribution is -2.20. The molecule has 0 bridgehead atoms. The van der Waals surface area contributed by atoms with E-state index in [1.165, 1.54) is 17.3 Å². The van der Waals surface area contributed by atoms with Crippen molar-refractivity contribution in [3.8, 4) is 12.0 Å². The fourth-order valence-corrected chi connectivity index (χ4v) is 1.26. The molecule has 0 saturated carbocycles. The summed E-state index contributed by atoms with van der Waals surface area (Å²) in [4.78, 5) is 18.3. The van der Waals surface area contributed by atoms with Gasteiger partial charge in [0.15, 0.2) is 0 Å². The summed E-state index contributed by atoms with van der Waals surface area (Å²) in [6.07, 6.45) is 2.92. The van der Waals surface area contributed by atoms with Gasteiger partial charge in [-0.1, -0.05) is 0 Å². The fourth-order valence-electron chi connectivity index (χ4n) is 1.26. The van der Waals surface area contributed by atoms with Crippen molar-refractivity contribution in [3.63, 3.8) is 0 Å². The maximum Gasteiger partial charge on any atom is 0.323 e. The van der Waals surface area contributed by atoms with Crippen molar-refractivity contribution >= 4 is 5.95 Å². The fraction of sp³-hybridized carbons (Fsp3) is 0.500. The van der Waals surface area contributed by atoms with Gasteiger partial charge in [-0.05, 0) is 14.1 Å². The number of ether oxygens (including phenoxy) is 1. The van der Waals surface area contributed by atoms with Crippen LogP contribution in [0.1, 0.15) is 0 Å². The molecule has 0 aliphatic heterocycles. The Balaban J connectivity index is 2.16. The van der Waals surface area contributed by atoms with Crippen molar-refractivity contribution in [2.75, 3.05) is 39.6 Å². The second kappa shape index (κ2) is 6.05. The highest BCUT2D eigenvalue weighted by atomic mass is 16.5. The second-order valence-corrected chi connectivity index (χ2v) is 3.98. The van der Waals surface area contributed by atoms with Gasteiger partial charge in [-0.15, -0.1) is 0 Å². The van der Waals surface area contributed by atoms with Crippen LogP contribution in [0.4, 0.5) is 5.95 Å².